The molecular formula is C23H29N5O3S. The lowest BCUT2D eigenvalue weighted by atomic mass is 10.1. The van der Waals surface area contributed by atoms with E-state index in [1.807, 2.05) is 16.9 Å². The van der Waals surface area contributed by atoms with Gasteiger partial charge in [0, 0.05) is 74.7 Å². The van der Waals surface area contributed by atoms with Crippen LogP contribution in [0.5, 0.6) is 5.75 Å². The molecule has 170 valence electrons. The third-order valence-electron chi connectivity index (χ3n) is 5.88. The lowest BCUT2D eigenvalue weighted by Gasteiger charge is -2.18. The molecule has 8 nitrogen and oxygen atoms in total. The van der Waals surface area contributed by atoms with E-state index in [0.29, 0.717) is 30.8 Å². The summed E-state index contributed by atoms with van der Waals surface area (Å²) in [7, 11) is 1.50. The highest BCUT2D eigenvalue weighted by Crippen LogP contribution is 2.24. The van der Waals surface area contributed by atoms with Gasteiger partial charge in [-0.05, 0) is 36.4 Å². The lowest BCUT2D eigenvalue weighted by Crippen LogP contribution is -2.32. The van der Waals surface area contributed by atoms with Crippen molar-refractivity contribution in [3.63, 3.8) is 0 Å². The third-order valence-corrected chi connectivity index (χ3v) is 6.88. The van der Waals surface area contributed by atoms with E-state index in [1.165, 1.54) is 23.6 Å². The summed E-state index contributed by atoms with van der Waals surface area (Å²) in [6.45, 7) is 6.34. The zero-order chi connectivity index (χ0) is 22.5. The first-order valence-corrected chi connectivity index (χ1v) is 11.8. The molecular weight excluding hydrogens is 426 g/mol. The van der Waals surface area contributed by atoms with Crippen molar-refractivity contribution < 1.29 is 9.53 Å². The normalized spacial score (nSPS) is 14.1. The number of aryl methyl sites for hydroxylation is 2. The van der Waals surface area contributed by atoms with Crippen molar-refractivity contribution in [2.24, 2.45) is 0 Å². The topological polar surface area (TPSA) is 81.4 Å². The molecule has 1 amide bonds. The second-order valence-corrected chi connectivity index (χ2v) is 8.96. The second-order valence-electron chi connectivity index (χ2n) is 7.96. The predicted octanol–water partition coefficient (Wildman–Crippen LogP) is 2.30. The highest BCUT2D eigenvalue weighted by molar-refractivity contribution is 7.10. The second kappa shape index (κ2) is 10.1. The van der Waals surface area contributed by atoms with E-state index in [1.54, 1.807) is 22.1 Å². The summed E-state index contributed by atoms with van der Waals surface area (Å²) in [5.41, 5.74) is 2.40. The fourth-order valence-electron chi connectivity index (χ4n) is 4.09. The van der Waals surface area contributed by atoms with Crippen LogP contribution in [-0.2, 0) is 26.1 Å². The molecule has 1 N–H and O–H groups in total. The molecule has 3 aromatic heterocycles. The summed E-state index contributed by atoms with van der Waals surface area (Å²) < 4.78 is 9.02. The molecule has 0 fully saturated rings. The van der Waals surface area contributed by atoms with Crippen LogP contribution in [0.1, 0.15) is 32.9 Å². The van der Waals surface area contributed by atoms with Crippen molar-refractivity contribution in [3.05, 3.63) is 68.0 Å². The molecule has 3 aromatic rings. The molecule has 1 aliphatic heterocycles. The minimum absolute atomic E-state index is 0.124. The van der Waals surface area contributed by atoms with Crippen LogP contribution in [0.25, 0.3) is 0 Å². The van der Waals surface area contributed by atoms with Crippen LogP contribution in [0.15, 0.2) is 40.8 Å². The maximum absolute atomic E-state index is 13.1. The van der Waals surface area contributed by atoms with Gasteiger partial charge in [0.15, 0.2) is 0 Å². The van der Waals surface area contributed by atoms with E-state index in [4.69, 9.17) is 4.74 Å². The molecule has 4 rings (SSSR count). The molecule has 0 radical (unpaired) electrons. The van der Waals surface area contributed by atoms with Crippen LogP contribution in [-0.4, -0.2) is 51.9 Å². The zero-order valence-corrected chi connectivity index (χ0v) is 19.4. The summed E-state index contributed by atoms with van der Waals surface area (Å²) >= 11 is 1.76. The molecule has 4 heterocycles. The largest absolute Gasteiger partial charge is 0.496 e. The Hall–Kier alpha value is -2.91. The number of ether oxygens (including phenoxy) is 1. The summed E-state index contributed by atoms with van der Waals surface area (Å²) in [4.78, 5) is 29.6. The molecule has 9 heteroatoms. The molecule has 0 saturated carbocycles. The summed E-state index contributed by atoms with van der Waals surface area (Å²) in [6, 6.07) is 5.45. The minimum Gasteiger partial charge on any atom is -0.496 e. The molecule has 32 heavy (non-hydrogen) atoms. The molecule has 0 aliphatic carbocycles. The number of nitrogens with zero attached hydrogens (tertiary/aromatic N) is 4. The fourth-order valence-corrected chi connectivity index (χ4v) is 5.04. The number of hydrogen-bond donors (Lipinski definition) is 1. The fraction of sp³-hybridized carbons (Fsp3) is 0.435. The predicted molar refractivity (Wildman–Crippen MR) is 124 cm³/mol. The number of methoxy groups -OCH3 is 1. The van der Waals surface area contributed by atoms with Crippen LogP contribution in [0, 0.1) is 6.92 Å². The van der Waals surface area contributed by atoms with Gasteiger partial charge in [-0.1, -0.05) is 0 Å². The maximum Gasteiger partial charge on any atom is 0.256 e. The van der Waals surface area contributed by atoms with E-state index in [9.17, 15) is 9.59 Å². The molecule has 0 unspecified atom stereocenters. The van der Waals surface area contributed by atoms with Gasteiger partial charge in [-0.2, -0.15) is 5.10 Å². The average Bonchev–Trinajstić information content (AvgIpc) is 3.39. The standard InChI is InChI=1S/C23H29N5O3S/c1-17-6-14-32-20(17)16-26-11-5-18-22(19(31-2)15-21(29)28(18)13-12-26)23(30)24-7-3-9-27-10-4-8-25-27/h4,6,8,10,14-15H,3,5,7,9,11-13,16H2,1-2H3,(H,24,30). The van der Waals surface area contributed by atoms with Crippen LogP contribution < -0.4 is 15.6 Å². The third kappa shape index (κ3) is 4.94. The van der Waals surface area contributed by atoms with Crippen LogP contribution in [0.2, 0.25) is 0 Å². The van der Waals surface area contributed by atoms with Crippen LogP contribution >= 0.6 is 11.3 Å². The molecule has 0 spiro atoms. The molecule has 0 aromatic carbocycles. The smallest absolute Gasteiger partial charge is 0.256 e. The Labute approximate surface area is 191 Å². The summed E-state index contributed by atoms with van der Waals surface area (Å²) in [5.74, 6) is 0.141. The number of rotatable bonds is 8. The van der Waals surface area contributed by atoms with Crippen LogP contribution in [0.3, 0.4) is 0 Å². The maximum atomic E-state index is 13.1. The highest BCUT2D eigenvalue weighted by atomic mass is 32.1. The van der Waals surface area contributed by atoms with Gasteiger partial charge in [0.2, 0.25) is 0 Å². The number of amides is 1. The number of nitrogens with one attached hydrogen (secondary N) is 1. The Morgan fingerprint density at radius 2 is 2.19 bits per heavy atom. The highest BCUT2D eigenvalue weighted by Gasteiger charge is 2.25. The van der Waals surface area contributed by atoms with Crippen molar-refractivity contribution in [3.8, 4) is 5.75 Å². The van der Waals surface area contributed by atoms with E-state index in [2.05, 4.69) is 33.7 Å². The summed E-state index contributed by atoms with van der Waals surface area (Å²) in [6.07, 6.45) is 5.02. The SMILES string of the molecule is COc1cc(=O)n2c(c1C(=O)NCCCn1cccn1)CCN(Cc1sccc1C)CC2. The first-order chi connectivity index (χ1) is 15.6. The van der Waals surface area contributed by atoms with Gasteiger partial charge < -0.3 is 14.6 Å². The Bertz CT molecular complexity index is 1120. The number of fused-ring (bicyclic) bond motifs is 1. The molecule has 0 atom stereocenters. The van der Waals surface area contributed by atoms with Gasteiger partial charge in [-0.3, -0.25) is 19.2 Å². The first-order valence-electron chi connectivity index (χ1n) is 10.9. The number of hydrogen-bond acceptors (Lipinski definition) is 6. The Kier molecular flexibility index (Phi) is 7.06. The number of pyridine rings is 1. The van der Waals surface area contributed by atoms with Crippen molar-refractivity contribution in [1.82, 2.24) is 24.6 Å². The van der Waals surface area contributed by atoms with Crippen molar-refractivity contribution >= 4 is 17.2 Å². The lowest BCUT2D eigenvalue weighted by molar-refractivity contribution is 0.0947. The van der Waals surface area contributed by atoms with Gasteiger partial charge in [-0.15, -0.1) is 11.3 Å². The number of carbonyl (C=O) groups is 1. The molecule has 0 bridgehead atoms. The van der Waals surface area contributed by atoms with Crippen molar-refractivity contribution in [1.29, 1.82) is 0 Å². The van der Waals surface area contributed by atoms with Gasteiger partial charge in [0.25, 0.3) is 11.5 Å². The average molecular weight is 456 g/mol. The summed E-state index contributed by atoms with van der Waals surface area (Å²) in [5, 5.41) is 9.28. The van der Waals surface area contributed by atoms with E-state index in [-0.39, 0.29) is 11.5 Å². The molecule has 0 saturated heterocycles. The monoisotopic (exact) mass is 455 g/mol. The van der Waals surface area contributed by atoms with Gasteiger partial charge in [-0.25, -0.2) is 0 Å². The van der Waals surface area contributed by atoms with Crippen LogP contribution in [0.4, 0.5) is 0 Å². The first kappa shape index (κ1) is 22.3. The quantitative estimate of drug-likeness (QED) is 0.527. The number of carbonyl (C=O) groups excluding carboxylic acids is 1. The van der Waals surface area contributed by atoms with Gasteiger partial charge in [0.05, 0.1) is 7.11 Å². The van der Waals surface area contributed by atoms with E-state index < -0.39 is 0 Å². The van der Waals surface area contributed by atoms with Gasteiger partial charge in [0.1, 0.15) is 11.3 Å². The minimum atomic E-state index is -0.200. The van der Waals surface area contributed by atoms with Crippen molar-refractivity contribution in [2.75, 3.05) is 26.7 Å². The molecule has 1 aliphatic rings. The number of thiophene rings is 1. The Balaban J connectivity index is 1.49. The van der Waals surface area contributed by atoms with Crippen molar-refractivity contribution in [2.45, 2.75) is 39.4 Å². The number of aromatic nitrogens is 3. The van der Waals surface area contributed by atoms with Gasteiger partial charge >= 0.3 is 0 Å². The Morgan fingerprint density at radius 1 is 1.31 bits per heavy atom. The van der Waals surface area contributed by atoms with E-state index in [0.717, 1.165) is 38.3 Å². The Morgan fingerprint density at radius 3 is 2.91 bits per heavy atom. The van der Waals surface area contributed by atoms with E-state index >= 15 is 0 Å². The zero-order valence-electron chi connectivity index (χ0n) is 18.5.